The van der Waals surface area contributed by atoms with Crippen LogP contribution in [-0.4, -0.2) is 38.3 Å². The second-order valence-electron chi connectivity index (χ2n) is 5.51. The number of aliphatic carboxylic acids is 1. The molecule has 1 N–H and O–H groups in total. The van der Waals surface area contributed by atoms with Crippen LogP contribution >= 0.6 is 0 Å². The molecule has 1 aliphatic rings. The van der Waals surface area contributed by atoms with Gasteiger partial charge in [-0.2, -0.15) is 0 Å². The van der Waals surface area contributed by atoms with Crippen molar-refractivity contribution in [2.75, 3.05) is 23.7 Å². The summed E-state index contributed by atoms with van der Waals surface area (Å²) < 4.78 is 23.6. The minimum atomic E-state index is -3.19. The van der Waals surface area contributed by atoms with Crippen LogP contribution in [0.1, 0.15) is 26.7 Å². The van der Waals surface area contributed by atoms with E-state index in [-0.39, 0.29) is 5.75 Å². The predicted octanol–water partition coefficient (Wildman–Crippen LogP) is 2.17. The number of hydrogen-bond acceptors (Lipinski definition) is 4. The molecule has 0 saturated carbocycles. The fraction of sp³-hybridized carbons (Fsp3) is 0.533. The molecule has 21 heavy (non-hydrogen) atoms. The summed E-state index contributed by atoms with van der Waals surface area (Å²) in [5.74, 6) is -0.675. The van der Waals surface area contributed by atoms with Gasteiger partial charge < -0.3 is 10.0 Å². The van der Waals surface area contributed by atoms with Gasteiger partial charge in [0.15, 0.2) is 9.84 Å². The van der Waals surface area contributed by atoms with Gasteiger partial charge in [0.25, 0.3) is 0 Å². The van der Waals surface area contributed by atoms with Crippen molar-refractivity contribution in [1.82, 2.24) is 0 Å². The number of benzene rings is 1. The van der Waals surface area contributed by atoms with Crippen LogP contribution < -0.4 is 4.90 Å². The van der Waals surface area contributed by atoms with Crippen molar-refractivity contribution in [1.29, 1.82) is 0 Å². The largest absolute Gasteiger partial charge is 0.481 e. The molecule has 1 aliphatic heterocycles. The number of carboxylic acid groups (broad SMARTS) is 1. The van der Waals surface area contributed by atoms with Crippen LogP contribution in [-0.2, 0) is 14.6 Å². The van der Waals surface area contributed by atoms with Crippen molar-refractivity contribution in [3.8, 4) is 0 Å². The first-order valence-corrected chi connectivity index (χ1v) is 8.81. The zero-order valence-electron chi connectivity index (χ0n) is 12.4. The standard InChI is InChI=1S/C15H21NO4S/c1-3-15(14(17)18)9-10-16(11-15)12-5-7-13(8-6-12)21(19,20)4-2/h5-8H,3-4,9-11H2,1-2H3,(H,17,18). The van der Waals surface area contributed by atoms with Crippen molar-refractivity contribution in [3.05, 3.63) is 24.3 Å². The van der Waals surface area contributed by atoms with Gasteiger partial charge in [-0.05, 0) is 37.1 Å². The molecular weight excluding hydrogens is 290 g/mol. The molecule has 0 aromatic heterocycles. The molecule has 1 aromatic rings. The quantitative estimate of drug-likeness (QED) is 0.902. The molecule has 1 unspecified atom stereocenters. The van der Waals surface area contributed by atoms with Gasteiger partial charge >= 0.3 is 5.97 Å². The summed E-state index contributed by atoms with van der Waals surface area (Å²) in [6, 6.07) is 6.72. The van der Waals surface area contributed by atoms with E-state index in [9.17, 15) is 18.3 Å². The summed E-state index contributed by atoms with van der Waals surface area (Å²) >= 11 is 0. The molecule has 1 fully saturated rings. The van der Waals surface area contributed by atoms with Crippen LogP contribution in [0.3, 0.4) is 0 Å². The molecule has 1 aromatic carbocycles. The van der Waals surface area contributed by atoms with E-state index >= 15 is 0 Å². The van der Waals surface area contributed by atoms with Gasteiger partial charge in [0.05, 0.1) is 16.1 Å². The molecule has 2 rings (SSSR count). The number of sulfone groups is 1. The second-order valence-corrected chi connectivity index (χ2v) is 7.79. The van der Waals surface area contributed by atoms with Crippen molar-refractivity contribution in [2.45, 2.75) is 31.6 Å². The predicted molar refractivity (Wildman–Crippen MR) is 81.4 cm³/mol. The third-order valence-corrected chi connectivity index (χ3v) is 6.18. The Morgan fingerprint density at radius 1 is 1.29 bits per heavy atom. The lowest BCUT2D eigenvalue weighted by molar-refractivity contribution is -0.147. The van der Waals surface area contributed by atoms with E-state index in [4.69, 9.17) is 0 Å². The molecule has 0 spiro atoms. The molecule has 6 heteroatoms. The topological polar surface area (TPSA) is 74.7 Å². The lowest BCUT2D eigenvalue weighted by atomic mass is 9.84. The minimum absolute atomic E-state index is 0.0774. The van der Waals surface area contributed by atoms with Crippen molar-refractivity contribution < 1.29 is 18.3 Å². The number of rotatable bonds is 5. The zero-order valence-corrected chi connectivity index (χ0v) is 13.2. The number of anilines is 1. The van der Waals surface area contributed by atoms with Crippen molar-refractivity contribution >= 4 is 21.5 Å². The molecule has 0 aliphatic carbocycles. The Kier molecular flexibility index (Phi) is 4.27. The summed E-state index contributed by atoms with van der Waals surface area (Å²) in [5, 5.41) is 9.41. The number of carboxylic acids is 1. The summed E-state index contributed by atoms with van der Waals surface area (Å²) in [6.45, 7) is 4.67. The summed E-state index contributed by atoms with van der Waals surface area (Å²) in [4.78, 5) is 13.8. The summed E-state index contributed by atoms with van der Waals surface area (Å²) in [6.07, 6.45) is 1.22. The van der Waals surface area contributed by atoms with E-state index in [1.54, 1.807) is 31.2 Å². The number of nitrogens with zero attached hydrogens (tertiary/aromatic N) is 1. The Morgan fingerprint density at radius 2 is 1.90 bits per heavy atom. The van der Waals surface area contributed by atoms with Crippen LogP contribution in [0.4, 0.5) is 5.69 Å². The molecule has 0 bridgehead atoms. The third kappa shape index (κ3) is 2.90. The van der Waals surface area contributed by atoms with E-state index in [1.807, 2.05) is 11.8 Å². The highest BCUT2D eigenvalue weighted by Gasteiger charge is 2.43. The molecule has 0 amide bonds. The van der Waals surface area contributed by atoms with Gasteiger partial charge in [0.1, 0.15) is 0 Å². The second kappa shape index (κ2) is 5.67. The van der Waals surface area contributed by atoms with Crippen molar-refractivity contribution in [2.24, 2.45) is 5.41 Å². The molecule has 1 atom stereocenters. The highest BCUT2D eigenvalue weighted by atomic mass is 32.2. The first-order chi connectivity index (χ1) is 9.84. The van der Waals surface area contributed by atoms with Crippen LogP contribution in [0.25, 0.3) is 0 Å². The lowest BCUT2D eigenvalue weighted by Gasteiger charge is -2.24. The summed E-state index contributed by atoms with van der Waals surface area (Å²) in [5.41, 5.74) is 0.190. The monoisotopic (exact) mass is 311 g/mol. The smallest absolute Gasteiger partial charge is 0.311 e. The van der Waals surface area contributed by atoms with E-state index in [1.165, 1.54) is 0 Å². The highest BCUT2D eigenvalue weighted by Crippen LogP contribution is 2.36. The van der Waals surface area contributed by atoms with Crippen LogP contribution in [0.5, 0.6) is 0 Å². The normalized spacial score (nSPS) is 22.5. The van der Waals surface area contributed by atoms with Gasteiger partial charge in [-0.1, -0.05) is 13.8 Å². The maximum absolute atomic E-state index is 11.8. The Balaban J connectivity index is 2.20. The summed E-state index contributed by atoms with van der Waals surface area (Å²) in [7, 11) is -3.19. The number of hydrogen-bond donors (Lipinski definition) is 1. The Labute approximate surface area is 125 Å². The maximum atomic E-state index is 11.8. The minimum Gasteiger partial charge on any atom is -0.481 e. The maximum Gasteiger partial charge on any atom is 0.311 e. The Morgan fingerprint density at radius 3 is 2.33 bits per heavy atom. The molecule has 1 saturated heterocycles. The van der Waals surface area contributed by atoms with E-state index in [0.717, 1.165) is 5.69 Å². The van der Waals surface area contributed by atoms with E-state index in [0.29, 0.717) is 30.8 Å². The van der Waals surface area contributed by atoms with Gasteiger partial charge in [0, 0.05) is 18.8 Å². The third-order valence-electron chi connectivity index (χ3n) is 4.43. The first kappa shape index (κ1) is 15.8. The van der Waals surface area contributed by atoms with Crippen LogP contribution in [0, 0.1) is 5.41 Å². The average Bonchev–Trinajstić information content (AvgIpc) is 2.93. The molecule has 1 heterocycles. The Hall–Kier alpha value is -1.56. The highest BCUT2D eigenvalue weighted by molar-refractivity contribution is 7.91. The fourth-order valence-electron chi connectivity index (χ4n) is 2.74. The van der Waals surface area contributed by atoms with Crippen LogP contribution in [0.15, 0.2) is 29.2 Å². The fourth-order valence-corrected chi connectivity index (χ4v) is 3.62. The molecular formula is C15H21NO4S. The van der Waals surface area contributed by atoms with E-state index < -0.39 is 21.2 Å². The van der Waals surface area contributed by atoms with Crippen molar-refractivity contribution in [3.63, 3.8) is 0 Å². The van der Waals surface area contributed by atoms with E-state index in [2.05, 4.69) is 0 Å². The Bertz CT molecular complexity index is 624. The first-order valence-electron chi connectivity index (χ1n) is 7.16. The SMILES string of the molecule is CCC1(C(=O)O)CCN(c2ccc(S(=O)(=O)CC)cc2)C1. The van der Waals surface area contributed by atoms with Gasteiger partial charge in [-0.25, -0.2) is 8.42 Å². The number of carbonyl (C=O) groups is 1. The van der Waals surface area contributed by atoms with Crippen LogP contribution in [0.2, 0.25) is 0 Å². The van der Waals surface area contributed by atoms with Gasteiger partial charge in [0.2, 0.25) is 0 Å². The average molecular weight is 311 g/mol. The van der Waals surface area contributed by atoms with Gasteiger partial charge in [-0.3, -0.25) is 4.79 Å². The molecule has 0 radical (unpaired) electrons. The van der Waals surface area contributed by atoms with Gasteiger partial charge in [-0.15, -0.1) is 0 Å². The lowest BCUT2D eigenvalue weighted by Crippen LogP contribution is -2.34. The molecule has 5 nitrogen and oxygen atoms in total. The zero-order chi connectivity index (χ0) is 15.7. The molecule has 116 valence electrons.